The van der Waals surface area contributed by atoms with Crippen LogP contribution in [0.1, 0.15) is 126 Å². The molecule has 0 bridgehead atoms. The van der Waals surface area contributed by atoms with E-state index in [0.29, 0.717) is 56.3 Å². The van der Waals surface area contributed by atoms with Gasteiger partial charge in [-0.2, -0.15) is 0 Å². The summed E-state index contributed by atoms with van der Waals surface area (Å²) in [5.74, 6) is -5.52. The standard InChI is InChI=1S/C32H43F3N2O10.C26H37F3N2O7.2CH4/c1-7-19(2)11-16-26(44-20(3)38)27(45-21(4)39)28(46-22(5)40)29(43-6)30(41)36-25-10-8-9-17-37(31(25)42)18-23-12-14-24(15-13-23)47-32(33,34)35;1-4-16(2)8-13-20(32)21(33)22(34)23(37-3)24(35)30-19-7-5-6-14-31(25(19)36)15-17-9-11-18(12-10-17)38-26(27,28)29;;/h11-16,19,25-29H,7-10,17-18H2,1-6H3,(H,36,41);8-13,16,19-23,32-34H,4-7,14-15H2,1-3H3,(H,30,35);2*1H4/b16-11+;13-8+;;/t19?,25-,26+,27-,28+,29+;16?,19-,20+,21-,22+,23+;;/m00../s1. The highest BCUT2D eigenvalue weighted by Gasteiger charge is 2.46. The van der Waals surface area contributed by atoms with E-state index in [-0.39, 0.29) is 51.9 Å². The molecule has 2 aromatic carbocycles. The van der Waals surface area contributed by atoms with Crippen molar-refractivity contribution in [3.63, 3.8) is 0 Å². The van der Waals surface area contributed by atoms with Crippen molar-refractivity contribution in [1.29, 1.82) is 0 Å². The van der Waals surface area contributed by atoms with Gasteiger partial charge in [0.1, 0.15) is 41.9 Å². The van der Waals surface area contributed by atoms with Crippen LogP contribution in [0.5, 0.6) is 11.5 Å². The van der Waals surface area contributed by atoms with E-state index in [0.717, 1.165) is 72.1 Å². The molecule has 0 aliphatic carbocycles. The number of hydrogen-bond donors (Lipinski definition) is 5. The first-order valence-electron chi connectivity index (χ1n) is 27.8. The van der Waals surface area contributed by atoms with Crippen molar-refractivity contribution in [3.8, 4) is 11.5 Å². The van der Waals surface area contributed by atoms with Crippen molar-refractivity contribution in [3.05, 3.63) is 84.0 Å². The third kappa shape index (κ3) is 27.4. The summed E-state index contributed by atoms with van der Waals surface area (Å²) in [4.78, 5) is 92.8. The normalized spacial score (nSPS) is 19.2. The summed E-state index contributed by atoms with van der Waals surface area (Å²) in [6.45, 7) is 11.9. The van der Waals surface area contributed by atoms with Gasteiger partial charge in [-0.3, -0.25) is 33.6 Å². The summed E-state index contributed by atoms with van der Waals surface area (Å²) in [6.07, 6.45) is -11.3. The van der Waals surface area contributed by atoms with Crippen LogP contribution in [0.2, 0.25) is 0 Å². The fourth-order valence-electron chi connectivity index (χ4n) is 8.91. The van der Waals surface area contributed by atoms with E-state index in [4.69, 9.17) is 23.7 Å². The summed E-state index contributed by atoms with van der Waals surface area (Å²) in [5.41, 5.74) is 1.11. The Morgan fingerprint density at radius 3 is 1.32 bits per heavy atom. The number of aliphatic hydroxyl groups excluding tert-OH is 3. The number of benzene rings is 2. The van der Waals surface area contributed by atoms with Crippen molar-refractivity contribution in [1.82, 2.24) is 20.4 Å². The smallest absolute Gasteiger partial charge is 0.455 e. The van der Waals surface area contributed by atoms with Gasteiger partial charge in [0, 0.05) is 61.2 Å². The quantitative estimate of drug-likeness (QED) is 0.0250. The van der Waals surface area contributed by atoms with Crippen LogP contribution in [-0.4, -0.2) is 168 Å². The average Bonchev–Trinajstić information content (AvgIpc) is 3.53. The largest absolute Gasteiger partial charge is 0.573 e. The van der Waals surface area contributed by atoms with Crippen LogP contribution in [0.15, 0.2) is 72.8 Å². The summed E-state index contributed by atoms with van der Waals surface area (Å²) in [6, 6.07) is 8.29. The minimum absolute atomic E-state index is 0. The molecule has 2 unspecified atom stereocenters. The van der Waals surface area contributed by atoms with Crippen LogP contribution < -0.4 is 20.1 Å². The summed E-state index contributed by atoms with van der Waals surface area (Å²) >= 11 is 0. The predicted octanol–water partition coefficient (Wildman–Crippen LogP) is 7.55. The van der Waals surface area contributed by atoms with Gasteiger partial charge in [0.05, 0.1) is 0 Å². The first-order valence-corrected chi connectivity index (χ1v) is 27.8. The molecule has 5 N–H and O–H groups in total. The van der Waals surface area contributed by atoms with E-state index < -0.39 is 121 Å². The maximum absolute atomic E-state index is 13.7. The minimum atomic E-state index is -4.84. The number of aliphatic hydroxyl groups is 3. The Morgan fingerprint density at radius 1 is 0.575 bits per heavy atom. The molecule has 0 aromatic heterocycles. The van der Waals surface area contributed by atoms with Crippen LogP contribution in [0.4, 0.5) is 26.3 Å². The molecule has 2 aliphatic rings. The molecule has 27 heteroatoms. The van der Waals surface area contributed by atoms with Crippen molar-refractivity contribution in [2.45, 2.75) is 201 Å². The van der Waals surface area contributed by atoms with Gasteiger partial charge < -0.3 is 68.9 Å². The summed E-state index contributed by atoms with van der Waals surface area (Å²) in [5, 5.41) is 36.3. The molecule has 4 rings (SSSR count). The third-order valence-electron chi connectivity index (χ3n) is 13.7. The maximum Gasteiger partial charge on any atom is 0.573 e. The lowest BCUT2D eigenvalue weighted by Crippen LogP contribution is -2.58. The second-order valence-electron chi connectivity index (χ2n) is 20.6. The molecule has 12 atom stereocenters. The number of nitrogens with zero attached hydrogens (tertiary/aromatic N) is 2. The molecular weight excluding hydrogens is 1160 g/mol. The highest BCUT2D eigenvalue weighted by molar-refractivity contribution is 5.91. The van der Waals surface area contributed by atoms with Gasteiger partial charge in [-0.15, -0.1) is 26.3 Å². The zero-order valence-corrected chi connectivity index (χ0v) is 49.1. The number of esters is 3. The lowest BCUT2D eigenvalue weighted by molar-refractivity contribution is -0.275. The lowest BCUT2D eigenvalue weighted by Gasteiger charge is -2.34. The molecule has 492 valence electrons. The number of amides is 4. The van der Waals surface area contributed by atoms with Crippen molar-refractivity contribution in [2.75, 3.05) is 27.3 Å². The molecule has 2 heterocycles. The zero-order valence-electron chi connectivity index (χ0n) is 49.1. The molecule has 21 nitrogen and oxygen atoms in total. The van der Waals surface area contributed by atoms with E-state index in [2.05, 4.69) is 20.1 Å². The molecular formula is C60H88F6N4O17. The number of nitrogens with one attached hydrogen (secondary N) is 2. The Hall–Kier alpha value is -6.81. The second-order valence-corrected chi connectivity index (χ2v) is 20.6. The van der Waals surface area contributed by atoms with E-state index >= 15 is 0 Å². The van der Waals surface area contributed by atoms with Crippen molar-refractivity contribution < 1.29 is 108 Å². The number of halogens is 6. The van der Waals surface area contributed by atoms with Gasteiger partial charge >= 0.3 is 30.6 Å². The minimum Gasteiger partial charge on any atom is -0.455 e. The number of allylic oxidation sites excluding steroid dienone is 2. The number of alkyl halides is 6. The summed E-state index contributed by atoms with van der Waals surface area (Å²) < 4.78 is 109. The molecule has 87 heavy (non-hydrogen) atoms. The van der Waals surface area contributed by atoms with Crippen LogP contribution in [0.25, 0.3) is 0 Å². The maximum atomic E-state index is 13.7. The van der Waals surface area contributed by atoms with Gasteiger partial charge in [-0.05, 0) is 91.8 Å². The van der Waals surface area contributed by atoms with Crippen LogP contribution in [0.3, 0.4) is 0 Å². The van der Waals surface area contributed by atoms with Gasteiger partial charge in [0.2, 0.25) is 11.8 Å². The molecule has 2 aliphatic heterocycles. The molecule has 2 fully saturated rings. The predicted molar refractivity (Wildman–Crippen MR) is 306 cm³/mol. The average molecular weight is 1250 g/mol. The topological polar surface area (TPSA) is 275 Å². The first-order chi connectivity index (χ1) is 39.9. The fraction of sp³-hybridized carbons (Fsp3) is 0.617. The van der Waals surface area contributed by atoms with E-state index in [9.17, 15) is 75.2 Å². The monoisotopic (exact) mass is 1250 g/mol. The van der Waals surface area contributed by atoms with E-state index in [1.54, 1.807) is 12.2 Å². The van der Waals surface area contributed by atoms with E-state index in [1.807, 2.05) is 27.7 Å². The Bertz CT molecular complexity index is 2520. The molecule has 0 spiro atoms. The van der Waals surface area contributed by atoms with Crippen LogP contribution >= 0.6 is 0 Å². The Labute approximate surface area is 505 Å². The Morgan fingerprint density at radius 2 is 0.954 bits per heavy atom. The lowest BCUT2D eigenvalue weighted by atomic mass is 9.98. The molecule has 0 saturated carbocycles. The van der Waals surface area contributed by atoms with Crippen LogP contribution in [-0.2, 0) is 70.3 Å². The molecule has 2 aromatic rings. The number of carbonyl (C=O) groups excluding carboxylic acids is 7. The molecule has 0 radical (unpaired) electrons. The number of ether oxygens (including phenoxy) is 7. The fourth-order valence-corrected chi connectivity index (χ4v) is 8.91. The van der Waals surface area contributed by atoms with E-state index in [1.165, 1.54) is 46.2 Å². The van der Waals surface area contributed by atoms with Crippen LogP contribution in [0, 0.1) is 11.8 Å². The van der Waals surface area contributed by atoms with Gasteiger partial charge in [0.15, 0.2) is 30.5 Å². The second kappa shape index (κ2) is 37.8. The number of rotatable bonds is 27. The highest BCUT2D eigenvalue weighted by atomic mass is 19.4. The number of carbonyl (C=O) groups is 7. The SMILES string of the molecule is C.C.CCC(C)/C=C/[C@@H](O)[C@H](O)[C@@H](O)[C@@H](OC)C(=O)N[C@H]1CCCCN(Cc2ccc(OC(F)(F)F)cc2)C1=O.CCC(C)/C=C/[C@@H](OC(C)=O)[C@H](OC(C)=O)[C@@H](OC(C)=O)[C@@H](OC)C(=O)N[C@H]1CCCCN(Cc2ccc(OC(F)(F)F)cc2)C1=O. The first kappa shape index (κ1) is 78.2. The van der Waals surface area contributed by atoms with Gasteiger partial charge in [-0.25, -0.2) is 0 Å². The number of hydrogen-bond acceptors (Lipinski definition) is 17. The molecule has 2 saturated heterocycles. The third-order valence-corrected chi connectivity index (χ3v) is 13.7. The number of likely N-dealkylation sites (tertiary alicyclic amines) is 2. The van der Waals surface area contributed by atoms with Gasteiger partial charge in [-0.1, -0.05) is 97.9 Å². The number of methoxy groups -OCH3 is 2. The zero-order chi connectivity index (χ0) is 63.8. The molecule has 4 amide bonds. The Kier molecular flexibility index (Phi) is 34.0. The van der Waals surface area contributed by atoms with Crippen molar-refractivity contribution >= 4 is 41.5 Å². The van der Waals surface area contributed by atoms with Gasteiger partial charge in [0.25, 0.3) is 11.8 Å². The Balaban J connectivity index is 0.000000868. The highest BCUT2D eigenvalue weighted by Crippen LogP contribution is 2.27. The van der Waals surface area contributed by atoms with Crippen molar-refractivity contribution in [2.24, 2.45) is 11.8 Å². The summed E-state index contributed by atoms with van der Waals surface area (Å²) in [7, 11) is 2.32.